The van der Waals surface area contributed by atoms with Crippen LogP contribution in [0.3, 0.4) is 0 Å². The van der Waals surface area contributed by atoms with Crippen LogP contribution in [-0.2, 0) is 6.18 Å². The van der Waals surface area contributed by atoms with E-state index in [1.165, 1.54) is 24.3 Å². The van der Waals surface area contributed by atoms with Gasteiger partial charge in [0.15, 0.2) is 0 Å². The molecule has 0 bridgehead atoms. The monoisotopic (exact) mass is 492 g/mol. The van der Waals surface area contributed by atoms with Crippen LogP contribution in [0.15, 0.2) is 59.1 Å². The van der Waals surface area contributed by atoms with Gasteiger partial charge in [0.25, 0.3) is 5.91 Å². The van der Waals surface area contributed by atoms with E-state index in [1.54, 1.807) is 0 Å². The fraction of sp³-hybridized carbons (Fsp3) is 0.333. The van der Waals surface area contributed by atoms with Gasteiger partial charge < -0.3 is 14.7 Å². The molecule has 0 saturated carbocycles. The van der Waals surface area contributed by atoms with E-state index in [-0.39, 0.29) is 17.0 Å². The summed E-state index contributed by atoms with van der Waals surface area (Å²) in [6.07, 6.45) is -3.79. The first-order chi connectivity index (χ1) is 16.3. The number of nitrogens with one attached hydrogen (secondary N) is 1. The molecule has 0 aliphatic carbocycles. The molecular formula is C24H24ClF3N4O2. The van der Waals surface area contributed by atoms with Crippen molar-refractivity contribution in [1.82, 2.24) is 15.4 Å². The first-order valence-corrected chi connectivity index (χ1v) is 11.3. The number of amides is 1. The Balaban J connectivity index is 1.23. The van der Waals surface area contributed by atoms with Gasteiger partial charge in [-0.1, -0.05) is 41.0 Å². The molecule has 2 aromatic carbocycles. The summed E-state index contributed by atoms with van der Waals surface area (Å²) in [5.74, 6) is -0.629. The Morgan fingerprint density at radius 3 is 2.56 bits per heavy atom. The summed E-state index contributed by atoms with van der Waals surface area (Å²) < 4.78 is 44.7. The fourth-order valence-electron chi connectivity index (χ4n) is 3.96. The second kappa shape index (κ2) is 10.5. The summed E-state index contributed by atoms with van der Waals surface area (Å²) in [5, 5.41) is 7.13. The van der Waals surface area contributed by atoms with Crippen molar-refractivity contribution in [2.24, 2.45) is 0 Å². The van der Waals surface area contributed by atoms with Crippen molar-refractivity contribution in [3.05, 3.63) is 70.9 Å². The zero-order chi connectivity index (χ0) is 24.1. The molecule has 6 nitrogen and oxygen atoms in total. The molecule has 1 amide bonds. The molecule has 0 radical (unpaired) electrons. The number of hydrogen-bond donors (Lipinski definition) is 1. The quantitative estimate of drug-likeness (QED) is 0.473. The minimum Gasteiger partial charge on any atom is -0.369 e. The van der Waals surface area contributed by atoms with Crippen molar-refractivity contribution in [2.75, 3.05) is 44.2 Å². The summed E-state index contributed by atoms with van der Waals surface area (Å²) in [6.45, 7) is 4.85. The van der Waals surface area contributed by atoms with Crippen LogP contribution in [0.4, 0.5) is 18.9 Å². The van der Waals surface area contributed by atoms with E-state index in [1.807, 2.05) is 24.3 Å². The maximum atomic E-state index is 13.2. The minimum absolute atomic E-state index is 0.0318. The van der Waals surface area contributed by atoms with Gasteiger partial charge in [-0.2, -0.15) is 13.2 Å². The molecule has 1 N–H and O–H groups in total. The number of alkyl halides is 3. The number of rotatable bonds is 7. The summed E-state index contributed by atoms with van der Waals surface area (Å²) in [7, 11) is 0. The number of nitrogens with zero attached hydrogens (tertiary/aromatic N) is 3. The highest BCUT2D eigenvalue weighted by Gasteiger charge is 2.34. The Morgan fingerprint density at radius 2 is 1.82 bits per heavy atom. The van der Waals surface area contributed by atoms with Crippen LogP contribution in [0, 0.1) is 0 Å². The van der Waals surface area contributed by atoms with Crippen molar-refractivity contribution in [3.8, 4) is 11.3 Å². The lowest BCUT2D eigenvalue weighted by atomic mass is 10.0. The number of piperazine rings is 1. The Hall–Kier alpha value is -3.04. The third-order valence-electron chi connectivity index (χ3n) is 5.72. The van der Waals surface area contributed by atoms with E-state index in [0.717, 1.165) is 55.9 Å². The number of halogens is 4. The van der Waals surface area contributed by atoms with Crippen molar-refractivity contribution < 1.29 is 22.5 Å². The number of aromatic nitrogens is 1. The molecular weight excluding hydrogens is 469 g/mol. The molecule has 0 unspecified atom stereocenters. The average molecular weight is 493 g/mol. The van der Waals surface area contributed by atoms with E-state index in [4.69, 9.17) is 16.1 Å². The van der Waals surface area contributed by atoms with Crippen LogP contribution in [0.2, 0.25) is 5.02 Å². The van der Waals surface area contributed by atoms with E-state index >= 15 is 0 Å². The zero-order valence-electron chi connectivity index (χ0n) is 18.3. The Bertz CT molecular complexity index is 1130. The van der Waals surface area contributed by atoms with Gasteiger partial charge in [-0.05, 0) is 37.2 Å². The van der Waals surface area contributed by atoms with Crippen LogP contribution < -0.4 is 10.2 Å². The Morgan fingerprint density at radius 1 is 1.06 bits per heavy atom. The van der Waals surface area contributed by atoms with Gasteiger partial charge in [-0.25, -0.2) is 0 Å². The average Bonchev–Trinajstić information content (AvgIpc) is 3.32. The van der Waals surface area contributed by atoms with Crippen molar-refractivity contribution in [1.29, 1.82) is 0 Å². The predicted molar refractivity (Wildman–Crippen MR) is 124 cm³/mol. The molecule has 1 aliphatic heterocycles. The predicted octanol–water partition coefficient (Wildman–Crippen LogP) is 4.96. The first-order valence-electron chi connectivity index (χ1n) is 11.0. The minimum atomic E-state index is -4.53. The topological polar surface area (TPSA) is 61.6 Å². The second-order valence-electron chi connectivity index (χ2n) is 8.04. The van der Waals surface area contributed by atoms with E-state index in [0.29, 0.717) is 6.54 Å². The molecule has 2 heterocycles. The number of benzene rings is 2. The van der Waals surface area contributed by atoms with Crippen molar-refractivity contribution in [3.63, 3.8) is 0 Å². The highest BCUT2D eigenvalue weighted by Crippen LogP contribution is 2.36. The second-order valence-corrected chi connectivity index (χ2v) is 8.47. The first kappa shape index (κ1) is 24.1. The van der Waals surface area contributed by atoms with E-state index in [2.05, 4.69) is 20.3 Å². The molecule has 1 saturated heterocycles. The normalized spacial score (nSPS) is 14.9. The van der Waals surface area contributed by atoms with Gasteiger partial charge in [0, 0.05) is 55.1 Å². The largest absolute Gasteiger partial charge is 0.417 e. The summed E-state index contributed by atoms with van der Waals surface area (Å²) in [5.41, 5.74) is 0.125. The van der Waals surface area contributed by atoms with Crippen molar-refractivity contribution in [2.45, 2.75) is 12.6 Å². The fourth-order valence-corrected chi connectivity index (χ4v) is 4.14. The summed E-state index contributed by atoms with van der Waals surface area (Å²) >= 11 is 6.08. The van der Waals surface area contributed by atoms with Crippen LogP contribution in [0.1, 0.15) is 22.5 Å². The van der Waals surface area contributed by atoms with Crippen molar-refractivity contribution >= 4 is 23.2 Å². The number of anilines is 1. The van der Waals surface area contributed by atoms with Crippen LogP contribution in [0.25, 0.3) is 11.3 Å². The highest BCUT2D eigenvalue weighted by atomic mass is 35.5. The van der Waals surface area contributed by atoms with Gasteiger partial charge in [0.1, 0.15) is 5.69 Å². The highest BCUT2D eigenvalue weighted by molar-refractivity contribution is 6.30. The van der Waals surface area contributed by atoms with Crippen LogP contribution in [0.5, 0.6) is 0 Å². The molecule has 1 aliphatic rings. The SMILES string of the molecule is O=C(NCCCN1CCN(c2cccc(Cl)c2)CC1)c1cc(-c2ccccc2C(F)(F)F)no1. The maximum Gasteiger partial charge on any atom is 0.417 e. The van der Waals surface area contributed by atoms with Gasteiger partial charge in [-0.3, -0.25) is 9.69 Å². The summed E-state index contributed by atoms with van der Waals surface area (Å²) in [4.78, 5) is 17.0. The third-order valence-corrected chi connectivity index (χ3v) is 5.96. The number of carbonyl (C=O) groups excluding carboxylic acids is 1. The van der Waals surface area contributed by atoms with Gasteiger partial charge in [0.05, 0.1) is 5.56 Å². The molecule has 1 fully saturated rings. The summed E-state index contributed by atoms with van der Waals surface area (Å²) in [6, 6.07) is 14.1. The van der Waals surface area contributed by atoms with E-state index in [9.17, 15) is 18.0 Å². The van der Waals surface area contributed by atoms with Crippen LogP contribution >= 0.6 is 11.6 Å². The van der Waals surface area contributed by atoms with Gasteiger partial charge >= 0.3 is 6.18 Å². The Kier molecular flexibility index (Phi) is 7.43. The molecule has 4 rings (SSSR count). The molecule has 34 heavy (non-hydrogen) atoms. The van der Waals surface area contributed by atoms with Gasteiger partial charge in [-0.15, -0.1) is 0 Å². The molecule has 0 atom stereocenters. The third kappa shape index (κ3) is 5.90. The zero-order valence-corrected chi connectivity index (χ0v) is 19.1. The lowest BCUT2D eigenvalue weighted by molar-refractivity contribution is -0.137. The molecule has 0 spiro atoms. The smallest absolute Gasteiger partial charge is 0.369 e. The lowest BCUT2D eigenvalue weighted by Gasteiger charge is -2.36. The number of hydrogen-bond acceptors (Lipinski definition) is 5. The molecule has 10 heteroatoms. The molecule has 3 aromatic rings. The molecule has 180 valence electrons. The molecule has 1 aromatic heterocycles. The van der Waals surface area contributed by atoms with E-state index < -0.39 is 17.6 Å². The number of carbonyl (C=O) groups is 1. The lowest BCUT2D eigenvalue weighted by Crippen LogP contribution is -2.47. The maximum absolute atomic E-state index is 13.2. The van der Waals surface area contributed by atoms with Gasteiger partial charge in [0.2, 0.25) is 5.76 Å². The van der Waals surface area contributed by atoms with Crippen LogP contribution in [-0.4, -0.2) is 55.2 Å². The standard InChI is InChI=1S/C24H24ClF3N4O2/c25-17-5-3-6-18(15-17)32-13-11-31(12-14-32)10-4-9-29-23(33)22-16-21(30-34-22)19-7-1-2-8-20(19)24(26,27)28/h1-3,5-8,15-16H,4,9-14H2,(H,29,33). The Labute approximate surface area is 200 Å².